The second-order valence-electron chi connectivity index (χ2n) is 4.97. The van der Waals surface area contributed by atoms with Crippen LogP contribution in [0.15, 0.2) is 36.4 Å². The summed E-state index contributed by atoms with van der Waals surface area (Å²) < 4.78 is 0. The fourth-order valence-corrected chi connectivity index (χ4v) is 3.07. The van der Waals surface area contributed by atoms with Crippen molar-refractivity contribution in [2.75, 3.05) is 17.2 Å². The molecule has 0 saturated heterocycles. The lowest BCUT2D eigenvalue weighted by atomic mass is 9.97. The first-order valence-corrected chi connectivity index (χ1v) is 7.52. The monoisotopic (exact) mass is 320 g/mol. The van der Waals surface area contributed by atoms with Gasteiger partial charge in [-0.05, 0) is 48.7 Å². The first-order chi connectivity index (χ1) is 10.1. The van der Waals surface area contributed by atoms with Crippen LogP contribution in [0.4, 0.5) is 11.4 Å². The third kappa shape index (κ3) is 3.14. The summed E-state index contributed by atoms with van der Waals surface area (Å²) in [6.07, 6.45) is 1.93. The Morgan fingerprint density at radius 1 is 1.14 bits per heavy atom. The minimum Gasteiger partial charge on any atom is -0.385 e. The topological polar surface area (TPSA) is 41.1 Å². The van der Waals surface area contributed by atoms with Gasteiger partial charge in [0.05, 0.1) is 0 Å². The highest BCUT2D eigenvalue weighted by Crippen LogP contribution is 2.27. The van der Waals surface area contributed by atoms with E-state index in [1.807, 2.05) is 18.2 Å². The lowest BCUT2D eigenvalue weighted by Gasteiger charge is -2.20. The lowest BCUT2D eigenvalue weighted by Crippen LogP contribution is -2.19. The summed E-state index contributed by atoms with van der Waals surface area (Å²) in [6.45, 7) is 0.946. The third-order valence-corrected chi connectivity index (χ3v) is 3.90. The van der Waals surface area contributed by atoms with Crippen LogP contribution in [0.1, 0.15) is 22.3 Å². The second kappa shape index (κ2) is 5.96. The molecule has 1 aliphatic rings. The number of amides is 1. The highest BCUT2D eigenvalue weighted by atomic mass is 35.5. The van der Waals surface area contributed by atoms with E-state index < -0.39 is 0 Å². The zero-order valence-electron chi connectivity index (χ0n) is 11.2. The van der Waals surface area contributed by atoms with E-state index in [0.717, 1.165) is 30.6 Å². The lowest BCUT2D eigenvalue weighted by molar-refractivity contribution is 0.102. The molecule has 5 heteroatoms. The number of nitrogens with one attached hydrogen (secondary N) is 2. The van der Waals surface area contributed by atoms with Gasteiger partial charge in [-0.15, -0.1) is 0 Å². The standard InChI is InChI=1S/C16H14Cl2N2O/c17-10-7-11(18)9-12(8-10)20-16(21)14-3-1-5-15-13(14)4-2-6-19-15/h1,3,5,7-9,19H,2,4,6H2,(H,20,21). The number of hydrogen-bond acceptors (Lipinski definition) is 2. The molecule has 21 heavy (non-hydrogen) atoms. The van der Waals surface area contributed by atoms with Crippen LogP contribution in [0.25, 0.3) is 0 Å². The first-order valence-electron chi connectivity index (χ1n) is 6.77. The van der Waals surface area contributed by atoms with Crippen LogP contribution in [0.2, 0.25) is 10.0 Å². The predicted molar refractivity (Wildman–Crippen MR) is 87.7 cm³/mol. The number of carbonyl (C=O) groups excluding carboxylic acids is 1. The van der Waals surface area contributed by atoms with E-state index in [0.29, 0.717) is 21.3 Å². The molecule has 0 saturated carbocycles. The number of anilines is 2. The van der Waals surface area contributed by atoms with Crippen LogP contribution >= 0.6 is 23.2 Å². The fourth-order valence-electron chi connectivity index (χ4n) is 2.55. The van der Waals surface area contributed by atoms with E-state index in [2.05, 4.69) is 10.6 Å². The van der Waals surface area contributed by atoms with Crippen molar-refractivity contribution in [3.8, 4) is 0 Å². The average molecular weight is 321 g/mol. The van der Waals surface area contributed by atoms with Crippen LogP contribution in [-0.4, -0.2) is 12.5 Å². The molecule has 0 radical (unpaired) electrons. The van der Waals surface area contributed by atoms with E-state index >= 15 is 0 Å². The Morgan fingerprint density at radius 2 is 1.90 bits per heavy atom. The Morgan fingerprint density at radius 3 is 2.67 bits per heavy atom. The molecule has 3 rings (SSSR count). The minimum absolute atomic E-state index is 0.145. The average Bonchev–Trinajstić information content (AvgIpc) is 2.45. The zero-order chi connectivity index (χ0) is 14.8. The summed E-state index contributed by atoms with van der Waals surface area (Å²) in [4.78, 5) is 12.5. The largest absolute Gasteiger partial charge is 0.385 e. The summed E-state index contributed by atoms with van der Waals surface area (Å²) in [5.74, 6) is -0.145. The van der Waals surface area contributed by atoms with Crippen molar-refractivity contribution >= 4 is 40.5 Å². The predicted octanol–water partition coefficient (Wildman–Crippen LogP) is 4.60. The Balaban J connectivity index is 1.89. The molecule has 3 nitrogen and oxygen atoms in total. The van der Waals surface area contributed by atoms with Gasteiger partial charge >= 0.3 is 0 Å². The summed E-state index contributed by atoms with van der Waals surface area (Å²) in [5, 5.41) is 7.16. The summed E-state index contributed by atoms with van der Waals surface area (Å²) in [6, 6.07) is 10.7. The Hall–Kier alpha value is -1.71. The number of benzene rings is 2. The molecule has 2 aromatic carbocycles. The Labute approximate surface area is 133 Å². The highest BCUT2D eigenvalue weighted by Gasteiger charge is 2.17. The maximum atomic E-state index is 12.5. The molecule has 2 aromatic rings. The third-order valence-electron chi connectivity index (χ3n) is 3.46. The van der Waals surface area contributed by atoms with E-state index in [4.69, 9.17) is 23.2 Å². The van der Waals surface area contributed by atoms with Gasteiger partial charge < -0.3 is 10.6 Å². The van der Waals surface area contributed by atoms with Crippen molar-refractivity contribution in [3.63, 3.8) is 0 Å². The molecular weight excluding hydrogens is 307 g/mol. The van der Waals surface area contributed by atoms with E-state index in [1.54, 1.807) is 18.2 Å². The van der Waals surface area contributed by atoms with E-state index in [-0.39, 0.29) is 5.91 Å². The molecule has 0 aliphatic carbocycles. The smallest absolute Gasteiger partial charge is 0.256 e. The van der Waals surface area contributed by atoms with Crippen molar-refractivity contribution in [3.05, 3.63) is 57.6 Å². The van der Waals surface area contributed by atoms with Crippen molar-refractivity contribution < 1.29 is 4.79 Å². The molecule has 0 unspecified atom stereocenters. The molecule has 0 fully saturated rings. The number of hydrogen-bond donors (Lipinski definition) is 2. The van der Waals surface area contributed by atoms with Crippen molar-refractivity contribution in [1.29, 1.82) is 0 Å². The van der Waals surface area contributed by atoms with Gasteiger partial charge in [-0.2, -0.15) is 0 Å². The fraction of sp³-hybridized carbons (Fsp3) is 0.188. The molecular formula is C16H14Cl2N2O. The van der Waals surface area contributed by atoms with Crippen LogP contribution in [-0.2, 0) is 6.42 Å². The number of rotatable bonds is 2. The number of fused-ring (bicyclic) bond motifs is 1. The molecule has 0 aromatic heterocycles. The molecule has 2 N–H and O–H groups in total. The molecule has 1 amide bonds. The quantitative estimate of drug-likeness (QED) is 0.848. The van der Waals surface area contributed by atoms with Crippen LogP contribution in [0.3, 0.4) is 0 Å². The van der Waals surface area contributed by atoms with Gasteiger partial charge in [-0.25, -0.2) is 0 Å². The molecule has 0 atom stereocenters. The molecule has 1 aliphatic heterocycles. The van der Waals surface area contributed by atoms with Gasteiger partial charge in [-0.3, -0.25) is 4.79 Å². The number of halogens is 2. The maximum Gasteiger partial charge on any atom is 0.256 e. The van der Waals surface area contributed by atoms with Crippen LogP contribution in [0, 0.1) is 0 Å². The van der Waals surface area contributed by atoms with Crippen LogP contribution < -0.4 is 10.6 Å². The molecule has 108 valence electrons. The van der Waals surface area contributed by atoms with E-state index in [9.17, 15) is 4.79 Å². The number of carbonyl (C=O) groups is 1. The van der Waals surface area contributed by atoms with Crippen LogP contribution in [0.5, 0.6) is 0 Å². The summed E-state index contributed by atoms with van der Waals surface area (Å²) >= 11 is 11.9. The van der Waals surface area contributed by atoms with Gasteiger partial charge in [0.1, 0.15) is 0 Å². The summed E-state index contributed by atoms with van der Waals surface area (Å²) in [7, 11) is 0. The SMILES string of the molecule is O=C(Nc1cc(Cl)cc(Cl)c1)c1cccc2c1CCCN2. The highest BCUT2D eigenvalue weighted by molar-refractivity contribution is 6.35. The van der Waals surface area contributed by atoms with Crippen molar-refractivity contribution in [2.24, 2.45) is 0 Å². The molecule has 1 heterocycles. The van der Waals surface area contributed by atoms with Crippen molar-refractivity contribution in [2.45, 2.75) is 12.8 Å². The summed E-state index contributed by atoms with van der Waals surface area (Å²) in [5.41, 5.74) is 3.39. The molecule has 0 bridgehead atoms. The zero-order valence-corrected chi connectivity index (χ0v) is 12.8. The van der Waals surface area contributed by atoms with Gasteiger partial charge in [0.2, 0.25) is 0 Å². The minimum atomic E-state index is -0.145. The first kappa shape index (κ1) is 14.2. The van der Waals surface area contributed by atoms with Gasteiger partial charge in [-0.1, -0.05) is 29.3 Å². The van der Waals surface area contributed by atoms with Gasteiger partial charge in [0, 0.05) is 33.5 Å². The second-order valence-corrected chi connectivity index (χ2v) is 5.85. The van der Waals surface area contributed by atoms with Crippen molar-refractivity contribution in [1.82, 2.24) is 0 Å². The maximum absolute atomic E-state index is 12.5. The Bertz CT molecular complexity index is 680. The normalized spacial score (nSPS) is 13.2. The van der Waals surface area contributed by atoms with Gasteiger partial charge in [0.15, 0.2) is 0 Å². The Kier molecular flexibility index (Phi) is 4.04. The van der Waals surface area contributed by atoms with E-state index in [1.165, 1.54) is 0 Å². The molecule has 0 spiro atoms. The van der Waals surface area contributed by atoms with Gasteiger partial charge in [0.25, 0.3) is 5.91 Å².